The van der Waals surface area contributed by atoms with Crippen molar-refractivity contribution in [2.24, 2.45) is 4.99 Å². The SMILES string of the molecule is CSC(=Nc1nc(-c2csc(-c3ccccc3)n2)cs1)SC. The fourth-order valence-electron chi connectivity index (χ4n) is 1.79. The van der Waals surface area contributed by atoms with Crippen LogP contribution in [0, 0.1) is 0 Å². The standard InChI is InChI=1S/C15H13N3S4/c1-19-15(20-2)18-14-17-12(9-22-14)11-8-21-13(16-11)10-6-4-3-5-7-10/h3-9H,1-2H3. The van der Waals surface area contributed by atoms with Crippen LogP contribution in [0.3, 0.4) is 0 Å². The molecule has 2 heterocycles. The van der Waals surface area contributed by atoms with E-state index in [1.807, 2.05) is 36.1 Å². The maximum Gasteiger partial charge on any atom is 0.211 e. The van der Waals surface area contributed by atoms with Gasteiger partial charge in [-0.3, -0.25) is 0 Å². The first-order valence-corrected chi connectivity index (χ1v) is 10.6. The number of nitrogens with zero attached hydrogens (tertiary/aromatic N) is 3. The number of aromatic nitrogens is 2. The van der Waals surface area contributed by atoms with E-state index in [0.717, 1.165) is 31.5 Å². The first-order valence-electron chi connectivity index (χ1n) is 6.43. The lowest BCUT2D eigenvalue weighted by atomic mass is 10.2. The van der Waals surface area contributed by atoms with Gasteiger partial charge in [0.1, 0.15) is 20.8 Å². The highest BCUT2D eigenvalue weighted by Crippen LogP contribution is 2.32. The number of rotatable bonds is 3. The van der Waals surface area contributed by atoms with Gasteiger partial charge in [-0.25, -0.2) is 15.0 Å². The van der Waals surface area contributed by atoms with E-state index in [-0.39, 0.29) is 0 Å². The van der Waals surface area contributed by atoms with Crippen molar-refractivity contribution >= 4 is 55.7 Å². The van der Waals surface area contributed by atoms with Gasteiger partial charge < -0.3 is 0 Å². The van der Waals surface area contributed by atoms with Gasteiger partial charge in [0.2, 0.25) is 5.13 Å². The molecule has 0 saturated heterocycles. The molecule has 1 aromatic carbocycles. The Kier molecular flexibility index (Phi) is 5.30. The van der Waals surface area contributed by atoms with Crippen LogP contribution in [-0.2, 0) is 0 Å². The Morgan fingerprint density at radius 1 is 0.955 bits per heavy atom. The average Bonchev–Trinajstić information content (AvgIpc) is 3.22. The topological polar surface area (TPSA) is 38.1 Å². The summed E-state index contributed by atoms with van der Waals surface area (Å²) in [6, 6.07) is 10.2. The second-order valence-corrected chi connectivity index (χ2v) is 7.75. The van der Waals surface area contributed by atoms with Crippen LogP contribution in [0.4, 0.5) is 5.13 Å². The summed E-state index contributed by atoms with van der Waals surface area (Å²) in [7, 11) is 0. The minimum absolute atomic E-state index is 0.781. The largest absolute Gasteiger partial charge is 0.234 e. The minimum Gasteiger partial charge on any atom is -0.234 e. The summed E-state index contributed by atoms with van der Waals surface area (Å²) >= 11 is 6.46. The third-order valence-electron chi connectivity index (χ3n) is 2.82. The maximum absolute atomic E-state index is 4.69. The first-order chi connectivity index (χ1) is 10.8. The highest BCUT2D eigenvalue weighted by molar-refractivity contribution is 8.38. The van der Waals surface area contributed by atoms with Crippen molar-refractivity contribution in [3.63, 3.8) is 0 Å². The van der Waals surface area contributed by atoms with E-state index in [4.69, 9.17) is 0 Å². The Bertz CT molecular complexity index is 771. The highest BCUT2D eigenvalue weighted by atomic mass is 32.2. The minimum atomic E-state index is 0.781. The van der Waals surface area contributed by atoms with Gasteiger partial charge in [-0.05, 0) is 12.5 Å². The van der Waals surface area contributed by atoms with Crippen molar-refractivity contribution < 1.29 is 0 Å². The zero-order valence-corrected chi connectivity index (χ0v) is 15.3. The lowest BCUT2D eigenvalue weighted by Gasteiger charge is -1.94. The van der Waals surface area contributed by atoms with Crippen molar-refractivity contribution in [3.05, 3.63) is 41.1 Å². The smallest absolute Gasteiger partial charge is 0.211 e. The molecule has 0 bridgehead atoms. The number of thioether (sulfide) groups is 2. The van der Waals surface area contributed by atoms with Crippen LogP contribution in [0.2, 0.25) is 0 Å². The Labute approximate surface area is 146 Å². The van der Waals surface area contributed by atoms with Gasteiger partial charge in [-0.15, -0.1) is 46.2 Å². The molecule has 2 aromatic heterocycles. The average molecular weight is 364 g/mol. The zero-order chi connectivity index (χ0) is 15.4. The quantitative estimate of drug-likeness (QED) is 0.445. The number of aliphatic imine (C=N–C) groups is 1. The summed E-state index contributed by atoms with van der Waals surface area (Å²) in [4.78, 5) is 13.8. The van der Waals surface area contributed by atoms with Gasteiger partial charge in [-0.1, -0.05) is 30.3 Å². The summed E-state index contributed by atoms with van der Waals surface area (Å²) in [6.45, 7) is 0. The summed E-state index contributed by atoms with van der Waals surface area (Å²) in [5.74, 6) is 0. The first kappa shape index (κ1) is 15.7. The molecule has 0 saturated carbocycles. The molecular formula is C15H13N3S4. The molecule has 0 aliphatic heterocycles. The number of hydrogen-bond donors (Lipinski definition) is 0. The monoisotopic (exact) mass is 363 g/mol. The molecule has 22 heavy (non-hydrogen) atoms. The van der Waals surface area contributed by atoms with Crippen molar-refractivity contribution in [1.82, 2.24) is 9.97 Å². The van der Waals surface area contributed by atoms with Crippen molar-refractivity contribution in [2.75, 3.05) is 12.5 Å². The second-order valence-electron chi connectivity index (χ2n) is 4.21. The van der Waals surface area contributed by atoms with Crippen LogP contribution in [0.5, 0.6) is 0 Å². The molecule has 112 valence electrons. The van der Waals surface area contributed by atoms with Crippen LogP contribution >= 0.6 is 46.2 Å². The fourth-order valence-corrected chi connectivity index (χ4v) is 4.43. The molecule has 0 aliphatic rings. The van der Waals surface area contributed by atoms with E-state index in [0.29, 0.717) is 0 Å². The molecular weight excluding hydrogens is 350 g/mol. The molecule has 0 unspecified atom stereocenters. The summed E-state index contributed by atoms with van der Waals surface area (Å²) in [5.41, 5.74) is 2.94. The maximum atomic E-state index is 4.69. The zero-order valence-electron chi connectivity index (χ0n) is 12.0. The Balaban J connectivity index is 1.86. The highest BCUT2D eigenvalue weighted by Gasteiger charge is 2.10. The number of hydrogen-bond acceptors (Lipinski definition) is 7. The van der Waals surface area contributed by atoms with Gasteiger partial charge in [0, 0.05) is 16.3 Å². The molecule has 3 aromatic rings. The number of thiazole rings is 2. The van der Waals surface area contributed by atoms with E-state index in [2.05, 4.69) is 32.5 Å². The number of benzene rings is 1. The van der Waals surface area contributed by atoms with Crippen LogP contribution < -0.4 is 0 Å². The van der Waals surface area contributed by atoms with Crippen LogP contribution in [0.1, 0.15) is 0 Å². The summed E-state index contributed by atoms with van der Waals surface area (Å²) in [5, 5.41) is 5.86. The van der Waals surface area contributed by atoms with Crippen molar-refractivity contribution in [3.8, 4) is 22.0 Å². The Morgan fingerprint density at radius 3 is 2.36 bits per heavy atom. The molecule has 0 spiro atoms. The van der Waals surface area contributed by atoms with E-state index in [9.17, 15) is 0 Å². The normalized spacial score (nSPS) is 10.6. The molecule has 0 atom stereocenters. The van der Waals surface area contributed by atoms with Crippen LogP contribution in [0.15, 0.2) is 46.1 Å². The van der Waals surface area contributed by atoms with Crippen molar-refractivity contribution in [1.29, 1.82) is 0 Å². The van der Waals surface area contributed by atoms with Crippen molar-refractivity contribution in [2.45, 2.75) is 0 Å². The van der Waals surface area contributed by atoms with Gasteiger partial charge in [0.05, 0.1) is 0 Å². The fraction of sp³-hybridized carbons (Fsp3) is 0.133. The van der Waals surface area contributed by atoms with E-state index in [1.54, 1.807) is 46.2 Å². The second kappa shape index (κ2) is 7.41. The summed E-state index contributed by atoms with van der Waals surface area (Å²) < 4.78 is 1.02. The Morgan fingerprint density at radius 2 is 1.64 bits per heavy atom. The predicted molar refractivity (Wildman–Crippen MR) is 103 cm³/mol. The van der Waals surface area contributed by atoms with Crippen LogP contribution in [-0.4, -0.2) is 26.9 Å². The third-order valence-corrected chi connectivity index (χ3v) is 6.32. The van der Waals surface area contributed by atoms with Crippen LogP contribution in [0.25, 0.3) is 22.0 Å². The lowest BCUT2D eigenvalue weighted by molar-refractivity contribution is 1.31. The molecule has 3 nitrogen and oxygen atoms in total. The molecule has 3 rings (SSSR count). The summed E-state index contributed by atoms with van der Waals surface area (Å²) in [6.07, 6.45) is 4.05. The van der Waals surface area contributed by atoms with E-state index >= 15 is 0 Å². The molecule has 0 radical (unpaired) electrons. The predicted octanol–water partition coefficient (Wildman–Crippen LogP) is 5.65. The van der Waals surface area contributed by atoms with E-state index < -0.39 is 0 Å². The molecule has 0 fully saturated rings. The molecule has 7 heteroatoms. The molecule has 0 N–H and O–H groups in total. The third kappa shape index (κ3) is 3.60. The Hall–Kier alpha value is -1.15. The molecule has 0 amide bonds. The lowest BCUT2D eigenvalue weighted by Crippen LogP contribution is -1.81. The van der Waals surface area contributed by atoms with Gasteiger partial charge in [0.25, 0.3) is 0 Å². The van der Waals surface area contributed by atoms with E-state index in [1.165, 1.54) is 0 Å². The molecule has 0 aliphatic carbocycles. The van der Waals surface area contributed by atoms with Gasteiger partial charge in [-0.2, -0.15) is 0 Å². The van der Waals surface area contributed by atoms with Gasteiger partial charge in [0.15, 0.2) is 0 Å². The van der Waals surface area contributed by atoms with Gasteiger partial charge >= 0.3 is 0 Å².